The van der Waals surface area contributed by atoms with E-state index in [2.05, 4.69) is 69.9 Å². The van der Waals surface area contributed by atoms with E-state index in [0.717, 1.165) is 33.9 Å². The van der Waals surface area contributed by atoms with E-state index in [1.165, 1.54) is 11.1 Å². The average molecular weight is 304 g/mol. The fourth-order valence-corrected chi connectivity index (χ4v) is 2.59. The van der Waals surface area contributed by atoms with Crippen molar-refractivity contribution in [2.75, 3.05) is 0 Å². The molecule has 0 atom stereocenters. The van der Waals surface area contributed by atoms with Crippen LogP contribution in [0.15, 0.2) is 60.4 Å². The number of hydrogen-bond donors (Lipinski definition) is 0. The Morgan fingerprint density at radius 2 is 1.17 bits per heavy atom. The summed E-state index contributed by atoms with van der Waals surface area (Å²) < 4.78 is 0. The molecule has 0 aromatic heterocycles. The Hall–Kier alpha value is -2.48. The molecule has 0 saturated carbocycles. The molecule has 0 fully saturated rings. The van der Waals surface area contributed by atoms with Crippen LogP contribution in [0.1, 0.15) is 29.2 Å². The van der Waals surface area contributed by atoms with Gasteiger partial charge in [0.15, 0.2) is 0 Å². The number of benzene rings is 2. The Labute approximate surface area is 139 Å². The van der Waals surface area contributed by atoms with Crippen molar-refractivity contribution in [1.29, 1.82) is 0 Å². The van der Waals surface area contributed by atoms with Gasteiger partial charge in [0.05, 0.1) is 0 Å². The van der Waals surface area contributed by atoms with Crippen molar-refractivity contribution in [3.8, 4) is 0 Å². The summed E-state index contributed by atoms with van der Waals surface area (Å²) in [6, 6.07) is 12.4. The molecule has 0 bridgehead atoms. The molecule has 120 valence electrons. The predicted octanol–water partition coefficient (Wildman–Crippen LogP) is 7.05. The molecule has 0 aliphatic rings. The number of para-hydroxylation sites is 2. The first-order valence-electron chi connectivity index (χ1n) is 7.81. The average Bonchev–Trinajstić information content (AvgIpc) is 2.47. The Morgan fingerprint density at radius 1 is 0.783 bits per heavy atom. The highest BCUT2D eigenvalue weighted by molar-refractivity contribution is 5.68. The first-order valence-corrected chi connectivity index (χ1v) is 7.81. The predicted molar refractivity (Wildman–Crippen MR) is 101 cm³/mol. The van der Waals surface area contributed by atoms with Crippen LogP contribution in [0.4, 0.5) is 11.4 Å². The van der Waals surface area contributed by atoms with Crippen LogP contribution < -0.4 is 0 Å². The molecule has 2 aromatic rings. The van der Waals surface area contributed by atoms with Gasteiger partial charge in [-0.05, 0) is 27.7 Å². The Bertz CT molecular complexity index is 714. The van der Waals surface area contributed by atoms with E-state index in [4.69, 9.17) is 5.32 Å². The van der Waals surface area contributed by atoms with Crippen molar-refractivity contribution < 1.29 is 0 Å². The maximum atomic E-state index is 4.72. The summed E-state index contributed by atoms with van der Waals surface area (Å²) >= 11 is 0. The second-order valence-corrected chi connectivity index (χ2v) is 5.98. The van der Waals surface area contributed by atoms with Gasteiger partial charge < -0.3 is 10.6 Å². The highest BCUT2D eigenvalue weighted by Crippen LogP contribution is 2.34. The lowest BCUT2D eigenvalue weighted by atomic mass is 10.1. The van der Waals surface area contributed by atoms with Gasteiger partial charge in [0.25, 0.3) is 0 Å². The van der Waals surface area contributed by atoms with Crippen molar-refractivity contribution in [3.05, 3.63) is 93.3 Å². The van der Waals surface area contributed by atoms with Gasteiger partial charge in [0.2, 0.25) is 0 Å². The van der Waals surface area contributed by atoms with Gasteiger partial charge in [-0.2, -0.15) is 5.70 Å². The van der Waals surface area contributed by atoms with E-state index in [0.29, 0.717) is 0 Å². The molecule has 0 aliphatic carbocycles. The summed E-state index contributed by atoms with van der Waals surface area (Å²) in [5, 5.41) is 9.38. The van der Waals surface area contributed by atoms with Crippen LogP contribution in [-0.2, 0) is 0 Å². The summed E-state index contributed by atoms with van der Waals surface area (Å²) in [5.74, 6) is 0. The Kier molecular flexibility index (Phi) is 5.28. The molecule has 2 aromatic carbocycles. The molecule has 0 aliphatic heterocycles. The number of nitrogens with zero attached hydrogens (tertiary/aromatic N) is 2. The fourth-order valence-electron chi connectivity index (χ4n) is 2.59. The normalized spacial score (nSPS) is 11.3. The standard InChI is InChI=1S/C21H24N2/c1-14-9-7-10-15(2)20(14)22-18(5)13-19(6)23-21-16(3)11-8-12-17(21)4/h7-13H,5H2,1-4,6H3/q-2/b19-13-. The summed E-state index contributed by atoms with van der Waals surface area (Å²) in [6.07, 6.45) is 1.93. The van der Waals surface area contributed by atoms with Crippen molar-refractivity contribution in [1.82, 2.24) is 0 Å². The first kappa shape index (κ1) is 16.9. The lowest BCUT2D eigenvalue weighted by Gasteiger charge is -2.32. The summed E-state index contributed by atoms with van der Waals surface area (Å²) in [4.78, 5) is 0. The lowest BCUT2D eigenvalue weighted by molar-refractivity contribution is 1.33. The van der Waals surface area contributed by atoms with E-state index >= 15 is 0 Å². The van der Waals surface area contributed by atoms with E-state index in [1.807, 2.05) is 19.1 Å². The van der Waals surface area contributed by atoms with Gasteiger partial charge in [0.1, 0.15) is 0 Å². The topological polar surface area (TPSA) is 28.2 Å². The number of rotatable bonds is 5. The SMILES string of the molecule is C=C(/C=C(/C)[N-]c1c(C)cccc1C)[N-]c1c(C)cccc1C. The van der Waals surface area contributed by atoms with Crippen LogP contribution in [0.5, 0.6) is 0 Å². The van der Waals surface area contributed by atoms with E-state index in [9.17, 15) is 0 Å². The molecule has 2 nitrogen and oxygen atoms in total. The second-order valence-electron chi connectivity index (χ2n) is 5.98. The van der Waals surface area contributed by atoms with Gasteiger partial charge in [-0.15, -0.1) is 23.7 Å². The van der Waals surface area contributed by atoms with Gasteiger partial charge in [-0.25, -0.2) is 0 Å². The second kappa shape index (κ2) is 7.19. The van der Waals surface area contributed by atoms with Crippen LogP contribution in [-0.4, -0.2) is 0 Å². The highest BCUT2D eigenvalue weighted by atomic mass is 14.9. The molecule has 0 amide bonds. The Morgan fingerprint density at radius 3 is 1.61 bits per heavy atom. The highest BCUT2D eigenvalue weighted by Gasteiger charge is 1.93. The largest absolute Gasteiger partial charge is 0.661 e. The zero-order valence-corrected chi connectivity index (χ0v) is 14.6. The van der Waals surface area contributed by atoms with Crippen LogP contribution in [0.3, 0.4) is 0 Å². The van der Waals surface area contributed by atoms with Crippen molar-refractivity contribution in [2.24, 2.45) is 0 Å². The van der Waals surface area contributed by atoms with Crippen LogP contribution in [0.2, 0.25) is 0 Å². The van der Waals surface area contributed by atoms with Crippen LogP contribution >= 0.6 is 0 Å². The molecule has 2 rings (SSSR count). The fraction of sp³-hybridized carbons (Fsp3) is 0.238. The van der Waals surface area contributed by atoms with Crippen LogP contribution in [0, 0.1) is 27.7 Å². The van der Waals surface area contributed by atoms with Crippen LogP contribution in [0.25, 0.3) is 10.6 Å². The Balaban J connectivity index is 2.13. The zero-order chi connectivity index (χ0) is 17.0. The molecule has 0 N–H and O–H groups in total. The summed E-state index contributed by atoms with van der Waals surface area (Å²) in [6.45, 7) is 14.3. The molecule has 0 radical (unpaired) electrons. The molecule has 23 heavy (non-hydrogen) atoms. The third-order valence-corrected chi connectivity index (χ3v) is 3.80. The summed E-state index contributed by atoms with van der Waals surface area (Å²) in [5.41, 5.74) is 8.31. The molecule has 0 saturated heterocycles. The zero-order valence-electron chi connectivity index (χ0n) is 14.6. The van der Waals surface area contributed by atoms with Crippen molar-refractivity contribution >= 4 is 11.4 Å². The minimum atomic E-state index is 0.717. The van der Waals surface area contributed by atoms with Crippen molar-refractivity contribution in [2.45, 2.75) is 34.6 Å². The van der Waals surface area contributed by atoms with Gasteiger partial charge in [0, 0.05) is 0 Å². The quantitative estimate of drug-likeness (QED) is 0.529. The van der Waals surface area contributed by atoms with Gasteiger partial charge >= 0.3 is 0 Å². The monoisotopic (exact) mass is 304 g/mol. The third-order valence-electron chi connectivity index (χ3n) is 3.80. The number of allylic oxidation sites excluding steroid dienone is 2. The minimum Gasteiger partial charge on any atom is -0.661 e. The maximum absolute atomic E-state index is 4.72. The third kappa shape index (κ3) is 4.26. The maximum Gasteiger partial charge on any atom is -0.0410 e. The van der Waals surface area contributed by atoms with Gasteiger partial charge in [-0.3, -0.25) is 0 Å². The lowest BCUT2D eigenvalue weighted by Crippen LogP contribution is -1.85. The molecule has 2 heteroatoms. The number of hydrogen-bond acceptors (Lipinski definition) is 0. The van der Waals surface area contributed by atoms with E-state index < -0.39 is 0 Å². The molecular formula is C21H24N2-2. The van der Waals surface area contributed by atoms with E-state index in [-0.39, 0.29) is 0 Å². The summed E-state index contributed by atoms with van der Waals surface area (Å²) in [7, 11) is 0. The smallest absolute Gasteiger partial charge is 0.0410 e. The van der Waals surface area contributed by atoms with Crippen molar-refractivity contribution in [3.63, 3.8) is 0 Å². The molecule has 0 heterocycles. The van der Waals surface area contributed by atoms with Gasteiger partial charge in [-0.1, -0.05) is 71.7 Å². The molecule has 0 spiro atoms. The number of aryl methyl sites for hydroxylation is 4. The first-order chi connectivity index (χ1) is 10.9. The molecular weight excluding hydrogens is 280 g/mol. The van der Waals surface area contributed by atoms with E-state index in [1.54, 1.807) is 0 Å². The minimum absolute atomic E-state index is 0.717. The molecule has 0 unspecified atom stereocenters.